The molecule has 0 bridgehead atoms. The molecule has 0 unspecified atom stereocenters. The highest BCUT2D eigenvalue weighted by molar-refractivity contribution is 5.78. The number of urea groups is 1. The third-order valence-electron chi connectivity index (χ3n) is 3.49. The molecule has 2 rings (SSSR count). The van der Waals surface area contributed by atoms with Crippen LogP contribution in [0.4, 0.5) is 9.18 Å². The summed E-state index contributed by atoms with van der Waals surface area (Å²) in [6.07, 6.45) is 4.28. The number of aldehydes is 1. The van der Waals surface area contributed by atoms with Gasteiger partial charge in [-0.25, -0.2) is 9.18 Å². The zero-order valence-electron chi connectivity index (χ0n) is 11.3. The monoisotopic (exact) mass is 278 g/mol. The van der Waals surface area contributed by atoms with Gasteiger partial charge in [0.05, 0.1) is 6.04 Å². The Kier molecular flexibility index (Phi) is 5.09. The Balaban J connectivity index is 1.89. The van der Waals surface area contributed by atoms with E-state index < -0.39 is 6.04 Å². The minimum Gasteiger partial charge on any atom is -0.328 e. The van der Waals surface area contributed by atoms with Crippen molar-refractivity contribution in [1.82, 2.24) is 10.2 Å². The molecule has 1 saturated heterocycles. The maximum Gasteiger partial charge on any atom is 0.317 e. The summed E-state index contributed by atoms with van der Waals surface area (Å²) in [6, 6.07) is 5.18. The lowest BCUT2D eigenvalue weighted by atomic mass is 10.1. The predicted octanol–water partition coefficient (Wildman–Crippen LogP) is 2.13. The van der Waals surface area contributed by atoms with E-state index in [0.29, 0.717) is 6.42 Å². The largest absolute Gasteiger partial charge is 0.328 e. The molecule has 1 aliphatic heterocycles. The highest BCUT2D eigenvalue weighted by Crippen LogP contribution is 2.09. The van der Waals surface area contributed by atoms with Crippen molar-refractivity contribution in [3.8, 4) is 0 Å². The molecule has 0 spiro atoms. The normalized spacial score (nSPS) is 16.6. The van der Waals surface area contributed by atoms with Crippen LogP contribution in [-0.4, -0.2) is 36.3 Å². The van der Waals surface area contributed by atoms with E-state index in [2.05, 4.69) is 5.32 Å². The van der Waals surface area contributed by atoms with E-state index in [1.165, 1.54) is 12.1 Å². The molecule has 108 valence electrons. The summed E-state index contributed by atoms with van der Waals surface area (Å²) in [4.78, 5) is 24.8. The number of halogens is 1. The second kappa shape index (κ2) is 7.03. The zero-order valence-corrected chi connectivity index (χ0v) is 11.3. The first-order valence-corrected chi connectivity index (χ1v) is 6.94. The predicted molar refractivity (Wildman–Crippen MR) is 73.9 cm³/mol. The molecule has 1 heterocycles. The molecule has 0 aromatic heterocycles. The molecule has 4 nitrogen and oxygen atoms in total. The van der Waals surface area contributed by atoms with Gasteiger partial charge in [0, 0.05) is 13.1 Å². The first-order valence-electron chi connectivity index (χ1n) is 6.94. The van der Waals surface area contributed by atoms with E-state index in [9.17, 15) is 14.0 Å². The van der Waals surface area contributed by atoms with Crippen molar-refractivity contribution in [2.24, 2.45) is 0 Å². The third kappa shape index (κ3) is 4.05. The van der Waals surface area contributed by atoms with Gasteiger partial charge in [0.1, 0.15) is 12.1 Å². The van der Waals surface area contributed by atoms with E-state index in [4.69, 9.17) is 0 Å². The van der Waals surface area contributed by atoms with Crippen LogP contribution in [-0.2, 0) is 11.2 Å². The molecule has 1 fully saturated rings. The Morgan fingerprint density at radius 2 is 1.90 bits per heavy atom. The van der Waals surface area contributed by atoms with Crippen LogP contribution in [0.3, 0.4) is 0 Å². The molecule has 1 aliphatic rings. The number of rotatable bonds is 4. The number of likely N-dealkylation sites (tertiary alicyclic amines) is 1. The van der Waals surface area contributed by atoms with Crippen molar-refractivity contribution in [3.05, 3.63) is 35.6 Å². The fraction of sp³-hybridized carbons (Fsp3) is 0.467. The highest BCUT2D eigenvalue weighted by Gasteiger charge is 2.19. The van der Waals surface area contributed by atoms with Crippen LogP contribution in [0, 0.1) is 5.82 Å². The van der Waals surface area contributed by atoms with Crippen LogP contribution in [0.5, 0.6) is 0 Å². The molecule has 0 aliphatic carbocycles. The number of piperidine rings is 1. The maximum absolute atomic E-state index is 12.8. The Morgan fingerprint density at radius 1 is 1.25 bits per heavy atom. The Labute approximate surface area is 118 Å². The van der Waals surface area contributed by atoms with Crippen LogP contribution in [0.1, 0.15) is 24.8 Å². The van der Waals surface area contributed by atoms with Gasteiger partial charge in [-0.15, -0.1) is 0 Å². The second-order valence-corrected chi connectivity index (χ2v) is 5.07. The number of carbonyl (C=O) groups is 2. The van der Waals surface area contributed by atoms with E-state index in [-0.39, 0.29) is 11.8 Å². The van der Waals surface area contributed by atoms with E-state index in [0.717, 1.165) is 44.2 Å². The zero-order chi connectivity index (χ0) is 14.4. The highest BCUT2D eigenvalue weighted by atomic mass is 19.1. The van der Waals surface area contributed by atoms with Crippen molar-refractivity contribution in [3.63, 3.8) is 0 Å². The van der Waals surface area contributed by atoms with Gasteiger partial charge in [-0.05, 0) is 43.4 Å². The van der Waals surface area contributed by atoms with Crippen LogP contribution in [0.2, 0.25) is 0 Å². The molecule has 2 amide bonds. The van der Waals surface area contributed by atoms with Crippen molar-refractivity contribution in [1.29, 1.82) is 0 Å². The molecule has 1 aromatic rings. The first-order chi connectivity index (χ1) is 9.69. The van der Waals surface area contributed by atoms with Crippen molar-refractivity contribution in [2.45, 2.75) is 31.7 Å². The van der Waals surface area contributed by atoms with Crippen molar-refractivity contribution >= 4 is 12.3 Å². The van der Waals surface area contributed by atoms with Gasteiger partial charge in [0.25, 0.3) is 0 Å². The van der Waals surface area contributed by atoms with Gasteiger partial charge in [0.15, 0.2) is 0 Å². The average molecular weight is 278 g/mol. The van der Waals surface area contributed by atoms with E-state index >= 15 is 0 Å². The van der Waals surface area contributed by atoms with Gasteiger partial charge < -0.3 is 15.0 Å². The molecule has 1 N–H and O–H groups in total. The fourth-order valence-electron chi connectivity index (χ4n) is 2.35. The number of benzene rings is 1. The third-order valence-corrected chi connectivity index (χ3v) is 3.49. The molecule has 0 radical (unpaired) electrons. The van der Waals surface area contributed by atoms with Gasteiger partial charge in [-0.3, -0.25) is 0 Å². The number of hydrogen-bond donors (Lipinski definition) is 1. The topological polar surface area (TPSA) is 49.4 Å². The van der Waals surface area contributed by atoms with Crippen LogP contribution in [0.25, 0.3) is 0 Å². The molecule has 0 saturated carbocycles. The van der Waals surface area contributed by atoms with Crippen LogP contribution in [0.15, 0.2) is 24.3 Å². The number of hydrogen-bond acceptors (Lipinski definition) is 2. The Hall–Kier alpha value is -1.91. The number of amides is 2. The number of nitrogens with one attached hydrogen (secondary N) is 1. The molecule has 5 heteroatoms. The summed E-state index contributed by atoms with van der Waals surface area (Å²) < 4.78 is 12.8. The van der Waals surface area contributed by atoms with E-state index in [1.807, 2.05) is 0 Å². The smallest absolute Gasteiger partial charge is 0.317 e. The Morgan fingerprint density at radius 3 is 2.50 bits per heavy atom. The van der Waals surface area contributed by atoms with Gasteiger partial charge in [-0.2, -0.15) is 0 Å². The molecular weight excluding hydrogens is 259 g/mol. The second-order valence-electron chi connectivity index (χ2n) is 5.07. The lowest BCUT2D eigenvalue weighted by Gasteiger charge is -2.28. The van der Waals surface area contributed by atoms with Crippen LogP contribution < -0.4 is 5.32 Å². The van der Waals surface area contributed by atoms with Gasteiger partial charge >= 0.3 is 6.03 Å². The summed E-state index contributed by atoms with van der Waals surface area (Å²) in [5.41, 5.74) is 0.822. The number of carbonyl (C=O) groups excluding carboxylic acids is 2. The molecule has 1 atom stereocenters. The molecule has 1 aromatic carbocycles. The summed E-state index contributed by atoms with van der Waals surface area (Å²) in [6.45, 7) is 1.49. The molecule has 20 heavy (non-hydrogen) atoms. The van der Waals surface area contributed by atoms with Crippen LogP contribution >= 0.6 is 0 Å². The lowest BCUT2D eigenvalue weighted by molar-refractivity contribution is -0.109. The Bertz CT molecular complexity index is 455. The summed E-state index contributed by atoms with van der Waals surface area (Å²) in [5, 5.41) is 2.72. The SMILES string of the molecule is O=C[C@H](Cc1ccc(F)cc1)NC(=O)N1CCCCC1. The minimum atomic E-state index is -0.574. The number of nitrogens with zero attached hydrogens (tertiary/aromatic N) is 1. The average Bonchev–Trinajstić information content (AvgIpc) is 2.49. The summed E-state index contributed by atoms with van der Waals surface area (Å²) in [7, 11) is 0. The maximum atomic E-state index is 12.8. The van der Waals surface area contributed by atoms with Crippen molar-refractivity contribution in [2.75, 3.05) is 13.1 Å². The fourth-order valence-corrected chi connectivity index (χ4v) is 2.35. The van der Waals surface area contributed by atoms with Gasteiger partial charge in [0.2, 0.25) is 0 Å². The van der Waals surface area contributed by atoms with Crippen molar-refractivity contribution < 1.29 is 14.0 Å². The molecular formula is C15H19FN2O2. The lowest BCUT2D eigenvalue weighted by Crippen LogP contribution is -2.48. The first kappa shape index (κ1) is 14.5. The quantitative estimate of drug-likeness (QED) is 0.858. The standard InChI is InChI=1S/C15H19FN2O2/c16-13-6-4-12(5-7-13)10-14(11-19)17-15(20)18-8-2-1-3-9-18/h4-7,11,14H,1-3,8-10H2,(H,17,20)/t14-/m0/s1. The summed E-state index contributed by atoms with van der Waals surface area (Å²) in [5.74, 6) is -0.311. The summed E-state index contributed by atoms with van der Waals surface area (Å²) >= 11 is 0. The van der Waals surface area contributed by atoms with Gasteiger partial charge in [-0.1, -0.05) is 12.1 Å². The minimum absolute atomic E-state index is 0.191. The van der Waals surface area contributed by atoms with E-state index in [1.54, 1.807) is 17.0 Å².